The van der Waals surface area contributed by atoms with Crippen LogP contribution in [0.2, 0.25) is 5.02 Å². The maximum Gasteiger partial charge on any atom is 0.421 e. The van der Waals surface area contributed by atoms with Crippen molar-refractivity contribution in [3.05, 3.63) is 51.9 Å². The van der Waals surface area contributed by atoms with Gasteiger partial charge in [0, 0.05) is 38.4 Å². The number of carbonyl (C=O) groups excluding carboxylic acids is 1. The Morgan fingerprint density at radius 3 is 2.79 bits per heavy atom. The quantitative estimate of drug-likeness (QED) is 0.643. The molecule has 0 saturated carbocycles. The van der Waals surface area contributed by atoms with Crippen LogP contribution in [0.1, 0.15) is 0 Å². The van der Waals surface area contributed by atoms with Gasteiger partial charge in [0.2, 0.25) is 5.91 Å². The van der Waals surface area contributed by atoms with E-state index in [9.17, 15) is 14.0 Å². The number of carbonyl (C=O) groups is 1. The van der Waals surface area contributed by atoms with Gasteiger partial charge in [0.05, 0.1) is 17.8 Å². The fourth-order valence-corrected chi connectivity index (χ4v) is 3.62. The molecule has 1 saturated heterocycles. The van der Waals surface area contributed by atoms with Gasteiger partial charge in [-0.2, -0.15) is 0 Å². The van der Waals surface area contributed by atoms with Crippen molar-refractivity contribution in [3.8, 4) is 5.75 Å². The molecule has 0 bridgehead atoms. The Morgan fingerprint density at radius 2 is 2.07 bits per heavy atom. The minimum Gasteiger partial charge on any atom is -0.495 e. The number of amides is 1. The molecule has 29 heavy (non-hydrogen) atoms. The molecule has 1 fully saturated rings. The summed E-state index contributed by atoms with van der Waals surface area (Å²) in [4.78, 5) is 32.3. The van der Waals surface area contributed by atoms with E-state index in [2.05, 4.69) is 4.98 Å². The predicted molar refractivity (Wildman–Crippen MR) is 105 cm³/mol. The van der Waals surface area contributed by atoms with E-state index in [1.807, 2.05) is 4.90 Å². The van der Waals surface area contributed by atoms with Gasteiger partial charge in [0.25, 0.3) is 0 Å². The number of anilines is 1. The van der Waals surface area contributed by atoms with E-state index in [4.69, 9.17) is 20.8 Å². The minimum absolute atomic E-state index is 0.161. The van der Waals surface area contributed by atoms with Crippen LogP contribution in [0.4, 0.5) is 10.1 Å². The summed E-state index contributed by atoms with van der Waals surface area (Å²) in [6, 6.07) is 6.05. The van der Waals surface area contributed by atoms with Gasteiger partial charge in [-0.15, -0.1) is 0 Å². The zero-order valence-electron chi connectivity index (χ0n) is 15.6. The van der Waals surface area contributed by atoms with Crippen LogP contribution < -0.4 is 15.4 Å². The second-order valence-electron chi connectivity index (χ2n) is 6.59. The maximum atomic E-state index is 14.3. The third-order valence-electron chi connectivity index (χ3n) is 4.91. The van der Waals surface area contributed by atoms with Crippen LogP contribution in [0.15, 0.2) is 39.7 Å². The fraction of sp³-hybridized carbons (Fsp3) is 0.316. The van der Waals surface area contributed by atoms with Crippen LogP contribution in [0.5, 0.6) is 5.75 Å². The van der Waals surface area contributed by atoms with Crippen LogP contribution >= 0.6 is 11.6 Å². The van der Waals surface area contributed by atoms with Gasteiger partial charge in [-0.05, 0) is 18.2 Å². The first-order chi connectivity index (χ1) is 14.0. The number of benzene rings is 1. The van der Waals surface area contributed by atoms with E-state index in [0.29, 0.717) is 48.8 Å². The molecule has 0 aliphatic carbocycles. The summed E-state index contributed by atoms with van der Waals surface area (Å²) in [5.74, 6) is -0.909. The number of nitrogens with zero attached hydrogens (tertiary/aromatic N) is 4. The van der Waals surface area contributed by atoms with Crippen LogP contribution in [-0.2, 0) is 11.3 Å². The van der Waals surface area contributed by atoms with E-state index in [1.54, 1.807) is 23.1 Å². The Hall–Kier alpha value is -3.07. The third kappa shape index (κ3) is 3.65. The molecule has 1 aliphatic rings. The summed E-state index contributed by atoms with van der Waals surface area (Å²) >= 11 is 5.95. The highest BCUT2D eigenvalue weighted by Crippen LogP contribution is 2.32. The van der Waals surface area contributed by atoms with E-state index < -0.39 is 11.6 Å². The van der Waals surface area contributed by atoms with Crippen molar-refractivity contribution in [1.82, 2.24) is 14.5 Å². The van der Waals surface area contributed by atoms with Crippen LogP contribution in [0.25, 0.3) is 11.2 Å². The minimum atomic E-state index is -0.624. The second-order valence-corrected chi connectivity index (χ2v) is 6.99. The summed E-state index contributed by atoms with van der Waals surface area (Å²) in [6.07, 6.45) is 1.53. The summed E-state index contributed by atoms with van der Waals surface area (Å²) in [6.45, 7) is 1.49. The molecule has 152 valence electrons. The number of piperazine rings is 1. The summed E-state index contributed by atoms with van der Waals surface area (Å²) in [7, 11) is 1.47. The largest absolute Gasteiger partial charge is 0.495 e. The topological polar surface area (TPSA) is 80.8 Å². The van der Waals surface area contributed by atoms with Gasteiger partial charge in [-0.3, -0.25) is 4.79 Å². The smallest absolute Gasteiger partial charge is 0.421 e. The lowest BCUT2D eigenvalue weighted by Gasteiger charge is -2.36. The lowest BCUT2D eigenvalue weighted by molar-refractivity contribution is -0.132. The lowest BCUT2D eigenvalue weighted by Crippen LogP contribution is -2.50. The number of pyridine rings is 1. The van der Waals surface area contributed by atoms with Crippen molar-refractivity contribution in [2.45, 2.75) is 6.54 Å². The van der Waals surface area contributed by atoms with Gasteiger partial charge in [0.1, 0.15) is 18.1 Å². The number of hydrogen-bond acceptors (Lipinski definition) is 6. The van der Waals surface area contributed by atoms with Crippen LogP contribution in [0.3, 0.4) is 0 Å². The maximum absolute atomic E-state index is 14.3. The molecule has 1 aliphatic heterocycles. The number of oxazole rings is 1. The number of fused-ring (bicyclic) bond motifs is 1. The molecule has 0 N–H and O–H groups in total. The number of methoxy groups -OCH3 is 1. The van der Waals surface area contributed by atoms with Crippen molar-refractivity contribution in [1.29, 1.82) is 0 Å². The van der Waals surface area contributed by atoms with Gasteiger partial charge < -0.3 is 19.0 Å². The second kappa shape index (κ2) is 7.75. The molecule has 0 atom stereocenters. The fourth-order valence-electron chi connectivity index (χ4n) is 3.39. The Balaban J connectivity index is 1.45. The average molecular weight is 421 g/mol. The van der Waals surface area contributed by atoms with Crippen molar-refractivity contribution in [2.24, 2.45) is 0 Å². The van der Waals surface area contributed by atoms with Crippen LogP contribution in [-0.4, -0.2) is 53.6 Å². The van der Waals surface area contributed by atoms with Gasteiger partial charge in [-0.25, -0.2) is 18.7 Å². The molecule has 0 spiro atoms. The third-order valence-corrected chi connectivity index (χ3v) is 5.21. The molecule has 3 aromatic rings. The molecular weight excluding hydrogens is 403 g/mol. The van der Waals surface area contributed by atoms with Gasteiger partial charge >= 0.3 is 5.76 Å². The van der Waals surface area contributed by atoms with Crippen molar-refractivity contribution < 1.29 is 18.3 Å². The lowest BCUT2D eigenvalue weighted by atomic mass is 10.2. The first-order valence-corrected chi connectivity index (χ1v) is 9.36. The number of rotatable bonds is 4. The van der Waals surface area contributed by atoms with Crippen molar-refractivity contribution >= 4 is 34.4 Å². The van der Waals surface area contributed by atoms with E-state index >= 15 is 0 Å². The monoisotopic (exact) mass is 420 g/mol. The molecule has 8 nitrogen and oxygen atoms in total. The van der Waals surface area contributed by atoms with Crippen molar-refractivity contribution in [3.63, 3.8) is 0 Å². The first kappa shape index (κ1) is 19.3. The molecule has 4 rings (SSSR count). The zero-order chi connectivity index (χ0) is 20.5. The average Bonchev–Trinajstić information content (AvgIpc) is 3.03. The molecule has 2 aromatic heterocycles. The molecule has 1 aromatic carbocycles. The number of ether oxygens (including phenoxy) is 1. The number of hydrogen-bond donors (Lipinski definition) is 0. The molecule has 0 unspecified atom stereocenters. The summed E-state index contributed by atoms with van der Waals surface area (Å²) in [5, 5.41) is 0.203. The molecule has 3 heterocycles. The van der Waals surface area contributed by atoms with E-state index in [0.717, 1.165) is 0 Å². The Bertz CT molecular complexity index is 1120. The van der Waals surface area contributed by atoms with E-state index in [-0.39, 0.29) is 17.5 Å². The number of halogens is 2. The summed E-state index contributed by atoms with van der Waals surface area (Å²) in [5.41, 5.74) is 1.04. The normalized spacial score (nSPS) is 14.4. The first-order valence-electron chi connectivity index (χ1n) is 8.98. The standard InChI is InChI=1S/C19H18ClFN4O4/c1-28-16-10-14(13(21)9-12(16)20)23-5-7-24(8-6-23)17(26)11-25-18-15(29-19(25)27)3-2-4-22-18/h2-4,9-10H,5-8,11H2,1H3. The van der Waals surface area contributed by atoms with E-state index in [1.165, 1.54) is 23.9 Å². The molecule has 10 heteroatoms. The van der Waals surface area contributed by atoms with Crippen molar-refractivity contribution in [2.75, 3.05) is 38.2 Å². The van der Waals surface area contributed by atoms with Gasteiger partial charge in [-0.1, -0.05) is 11.6 Å². The highest BCUT2D eigenvalue weighted by atomic mass is 35.5. The SMILES string of the molecule is COc1cc(N2CCN(C(=O)Cn3c(=O)oc4cccnc43)CC2)c(F)cc1Cl. The molecule has 0 radical (unpaired) electrons. The highest BCUT2D eigenvalue weighted by molar-refractivity contribution is 6.32. The van der Waals surface area contributed by atoms with Crippen LogP contribution in [0, 0.1) is 5.82 Å². The van der Waals surface area contributed by atoms with Gasteiger partial charge in [0.15, 0.2) is 11.2 Å². The zero-order valence-corrected chi connectivity index (χ0v) is 16.4. The predicted octanol–water partition coefficient (Wildman–Crippen LogP) is 2.14. The molecule has 1 amide bonds. The Morgan fingerprint density at radius 1 is 1.31 bits per heavy atom. The highest BCUT2D eigenvalue weighted by Gasteiger charge is 2.25. The molecular formula is C19H18ClFN4O4. The summed E-state index contributed by atoms with van der Waals surface area (Å²) < 4.78 is 25.8. The Kier molecular flexibility index (Phi) is 5.14. The number of aromatic nitrogens is 2. The Labute approximate surface area is 170 Å².